The Morgan fingerprint density at radius 2 is 1.96 bits per heavy atom. The summed E-state index contributed by atoms with van der Waals surface area (Å²) in [6, 6.07) is 0. The predicted molar refractivity (Wildman–Crippen MR) is 111 cm³/mol. The van der Waals surface area contributed by atoms with Gasteiger partial charge in [-0.15, -0.1) is 21.5 Å². The van der Waals surface area contributed by atoms with Gasteiger partial charge in [0.15, 0.2) is 5.82 Å². The van der Waals surface area contributed by atoms with E-state index in [0.29, 0.717) is 13.2 Å². The molecule has 0 spiro atoms. The quantitative estimate of drug-likeness (QED) is 0.654. The first-order valence-electron chi connectivity index (χ1n) is 9.89. The molecule has 3 aromatic heterocycles. The van der Waals surface area contributed by atoms with E-state index in [2.05, 4.69) is 25.6 Å². The van der Waals surface area contributed by atoms with Crippen LogP contribution in [0.3, 0.4) is 0 Å². The van der Waals surface area contributed by atoms with Gasteiger partial charge in [0.2, 0.25) is 0 Å². The van der Waals surface area contributed by atoms with E-state index in [1.54, 1.807) is 18.4 Å². The number of rotatable bonds is 5. The number of aromatic nitrogens is 4. The highest BCUT2D eigenvalue weighted by Crippen LogP contribution is 2.42. The fraction of sp³-hybridized carbons (Fsp3) is 0.579. The molecule has 0 unspecified atom stereocenters. The molecule has 9 heteroatoms. The van der Waals surface area contributed by atoms with Gasteiger partial charge >= 0.3 is 0 Å². The zero-order valence-corrected chi connectivity index (χ0v) is 16.8. The highest BCUT2D eigenvalue weighted by molar-refractivity contribution is 7.26. The number of nitrogens with one attached hydrogen (secondary N) is 1. The zero-order chi connectivity index (χ0) is 18.9. The van der Waals surface area contributed by atoms with E-state index in [4.69, 9.17) is 14.5 Å². The van der Waals surface area contributed by atoms with Crippen LogP contribution in [-0.4, -0.2) is 67.0 Å². The van der Waals surface area contributed by atoms with E-state index >= 15 is 0 Å². The van der Waals surface area contributed by atoms with Gasteiger partial charge in [0.1, 0.15) is 20.9 Å². The molecule has 1 aliphatic carbocycles. The molecule has 0 bridgehead atoms. The third kappa shape index (κ3) is 3.07. The van der Waals surface area contributed by atoms with E-state index < -0.39 is 0 Å². The maximum Gasteiger partial charge on any atom is 0.170 e. The summed E-state index contributed by atoms with van der Waals surface area (Å²) in [5.74, 6) is 1.91. The van der Waals surface area contributed by atoms with Gasteiger partial charge in [0, 0.05) is 32.1 Å². The lowest BCUT2D eigenvalue weighted by molar-refractivity contribution is 0.122. The molecular weight excluding hydrogens is 376 g/mol. The van der Waals surface area contributed by atoms with Crippen LogP contribution in [-0.2, 0) is 22.3 Å². The van der Waals surface area contributed by atoms with Crippen LogP contribution in [0.25, 0.3) is 20.4 Å². The van der Waals surface area contributed by atoms with E-state index in [9.17, 15) is 0 Å². The summed E-state index contributed by atoms with van der Waals surface area (Å²) in [7, 11) is 1.69. The normalized spacial score (nSPS) is 17.2. The lowest BCUT2D eigenvalue weighted by Gasteiger charge is -2.31. The first kappa shape index (κ1) is 18.0. The molecule has 5 rings (SSSR count). The fourth-order valence-corrected chi connectivity index (χ4v) is 5.29. The summed E-state index contributed by atoms with van der Waals surface area (Å²) in [6.45, 7) is 4.64. The minimum atomic E-state index is 0.616. The molecule has 8 nitrogen and oxygen atoms in total. The highest BCUT2D eigenvalue weighted by Gasteiger charge is 2.26. The van der Waals surface area contributed by atoms with Crippen LogP contribution in [0.2, 0.25) is 0 Å². The first-order chi connectivity index (χ1) is 13.9. The van der Waals surface area contributed by atoms with E-state index in [1.165, 1.54) is 29.4 Å². The summed E-state index contributed by atoms with van der Waals surface area (Å²) in [6.07, 6.45) is 4.59. The Bertz CT molecular complexity index is 1000. The van der Waals surface area contributed by atoms with Gasteiger partial charge in [-0.2, -0.15) is 0 Å². The van der Waals surface area contributed by atoms with Gasteiger partial charge in [0.25, 0.3) is 0 Å². The number of aryl methyl sites for hydroxylation is 1. The number of nitrogens with zero attached hydrogens (tertiary/aromatic N) is 5. The number of methoxy groups -OCH3 is 1. The highest BCUT2D eigenvalue weighted by atomic mass is 32.1. The molecule has 0 saturated carbocycles. The second-order valence-corrected chi connectivity index (χ2v) is 8.22. The number of thiophene rings is 1. The lowest BCUT2D eigenvalue weighted by atomic mass is 9.90. The predicted octanol–water partition coefficient (Wildman–Crippen LogP) is 2.41. The molecule has 0 amide bonds. The van der Waals surface area contributed by atoms with Crippen molar-refractivity contribution < 1.29 is 9.47 Å². The molecule has 0 atom stereocenters. The molecule has 3 aromatic rings. The Labute approximate surface area is 167 Å². The van der Waals surface area contributed by atoms with Crippen molar-refractivity contribution in [3.8, 4) is 0 Å². The molecule has 0 aromatic carbocycles. The number of pyridine rings is 1. The van der Waals surface area contributed by atoms with Gasteiger partial charge in [-0.3, -0.25) is 0 Å². The van der Waals surface area contributed by atoms with Crippen molar-refractivity contribution in [1.29, 1.82) is 0 Å². The van der Waals surface area contributed by atoms with Gasteiger partial charge in [-0.05, 0) is 42.0 Å². The van der Waals surface area contributed by atoms with Crippen LogP contribution in [0.15, 0.2) is 0 Å². The Morgan fingerprint density at radius 3 is 2.79 bits per heavy atom. The monoisotopic (exact) mass is 400 g/mol. The largest absolute Gasteiger partial charge is 0.383 e. The smallest absolute Gasteiger partial charge is 0.170 e. The second-order valence-electron chi connectivity index (χ2n) is 7.22. The van der Waals surface area contributed by atoms with Crippen molar-refractivity contribution >= 4 is 43.4 Å². The average Bonchev–Trinajstić information content (AvgIpc) is 3.14. The van der Waals surface area contributed by atoms with Gasteiger partial charge in [-0.1, -0.05) is 0 Å². The van der Waals surface area contributed by atoms with E-state index in [1.807, 2.05) is 0 Å². The maximum atomic E-state index is 5.55. The van der Waals surface area contributed by atoms with Crippen LogP contribution < -0.4 is 10.2 Å². The fourth-order valence-electron chi connectivity index (χ4n) is 4.19. The van der Waals surface area contributed by atoms with Crippen molar-refractivity contribution in [3.63, 3.8) is 0 Å². The molecule has 2 aliphatic rings. The zero-order valence-electron chi connectivity index (χ0n) is 16.0. The number of ether oxygens (including phenoxy) is 2. The number of hydrogen-bond acceptors (Lipinski definition) is 9. The van der Waals surface area contributed by atoms with Crippen LogP contribution in [0.5, 0.6) is 0 Å². The summed E-state index contributed by atoms with van der Waals surface area (Å²) in [5, 5.41) is 17.2. The average molecular weight is 401 g/mol. The Hall–Kier alpha value is -2.10. The summed E-state index contributed by atoms with van der Waals surface area (Å²) in [4.78, 5) is 8.55. The van der Waals surface area contributed by atoms with Gasteiger partial charge in [-0.25, -0.2) is 4.98 Å². The van der Waals surface area contributed by atoms with E-state index in [0.717, 1.165) is 65.8 Å². The van der Waals surface area contributed by atoms with Crippen molar-refractivity contribution in [2.75, 3.05) is 56.8 Å². The Morgan fingerprint density at radius 1 is 1.14 bits per heavy atom. The Kier molecular flexibility index (Phi) is 4.96. The molecule has 1 saturated heterocycles. The van der Waals surface area contributed by atoms with Gasteiger partial charge in [0.05, 0.1) is 19.8 Å². The number of fused-ring (bicyclic) bond motifs is 5. The van der Waals surface area contributed by atoms with Crippen molar-refractivity contribution in [3.05, 3.63) is 11.1 Å². The summed E-state index contributed by atoms with van der Waals surface area (Å²) >= 11 is 1.66. The minimum Gasteiger partial charge on any atom is -0.383 e. The number of morpholine rings is 1. The number of hydrogen-bond donors (Lipinski definition) is 1. The minimum absolute atomic E-state index is 0.616. The molecule has 1 aliphatic heterocycles. The molecule has 1 N–H and O–H groups in total. The standard InChI is InChI=1S/C19H24N6O2S/c1-26-9-6-20-17-16-15(22-24-23-17)14-12-4-2-3-5-13(12)18(21-19(14)28-16)25-7-10-27-11-8-25/h2-11H2,1H3,(H,20,22,23). The lowest BCUT2D eigenvalue weighted by Crippen LogP contribution is -2.37. The molecule has 0 radical (unpaired) electrons. The van der Waals surface area contributed by atoms with Crippen molar-refractivity contribution in [2.45, 2.75) is 25.7 Å². The molecular formula is C19H24N6O2S. The summed E-state index contributed by atoms with van der Waals surface area (Å²) < 4.78 is 11.7. The van der Waals surface area contributed by atoms with Crippen LogP contribution in [0.1, 0.15) is 24.0 Å². The number of anilines is 2. The topological polar surface area (TPSA) is 85.3 Å². The summed E-state index contributed by atoms with van der Waals surface area (Å²) in [5.41, 5.74) is 3.73. The third-order valence-electron chi connectivity index (χ3n) is 5.53. The molecule has 28 heavy (non-hydrogen) atoms. The van der Waals surface area contributed by atoms with Crippen molar-refractivity contribution in [2.24, 2.45) is 0 Å². The van der Waals surface area contributed by atoms with Crippen LogP contribution >= 0.6 is 11.3 Å². The molecule has 1 fully saturated rings. The molecule has 4 heterocycles. The van der Waals surface area contributed by atoms with Crippen LogP contribution in [0, 0.1) is 0 Å². The van der Waals surface area contributed by atoms with Crippen molar-refractivity contribution in [1.82, 2.24) is 20.4 Å². The van der Waals surface area contributed by atoms with Crippen LogP contribution in [0.4, 0.5) is 11.6 Å². The third-order valence-corrected chi connectivity index (χ3v) is 6.60. The first-order valence-corrected chi connectivity index (χ1v) is 10.7. The SMILES string of the molecule is COCCNc1nnnc2c1sc1nc(N3CCOCC3)c3c(c12)CCCC3. The van der Waals surface area contributed by atoms with Gasteiger partial charge < -0.3 is 19.7 Å². The van der Waals surface area contributed by atoms with E-state index in [-0.39, 0.29) is 0 Å². The second kappa shape index (κ2) is 7.73. The Balaban J connectivity index is 1.68. The molecule has 148 valence electrons. The maximum absolute atomic E-state index is 5.55.